The van der Waals surface area contributed by atoms with Crippen LogP contribution in [-0.4, -0.2) is 27.1 Å². The number of hydrogen-bond donors (Lipinski definition) is 3. The maximum absolute atomic E-state index is 9.21. The minimum absolute atomic E-state index is 0.00324. The first-order valence-corrected chi connectivity index (χ1v) is 7.96. The van der Waals surface area contributed by atoms with Crippen molar-refractivity contribution in [2.75, 3.05) is 17.7 Å². The molecule has 118 valence electrons. The first kappa shape index (κ1) is 15.4. The van der Waals surface area contributed by atoms with Crippen molar-refractivity contribution in [3.8, 4) is 10.6 Å². The molecule has 0 radical (unpaired) electrons. The van der Waals surface area contributed by atoms with E-state index in [9.17, 15) is 5.11 Å². The number of anilines is 3. The normalized spacial score (nSPS) is 10.6. The zero-order valence-electron chi connectivity index (χ0n) is 12.9. The lowest BCUT2D eigenvalue weighted by molar-refractivity contribution is 0.282. The van der Waals surface area contributed by atoms with Crippen LogP contribution in [0.15, 0.2) is 36.5 Å². The summed E-state index contributed by atoms with van der Waals surface area (Å²) in [5.74, 6) is 0.511. The van der Waals surface area contributed by atoms with E-state index in [1.54, 1.807) is 17.5 Å². The molecule has 0 aliphatic rings. The van der Waals surface area contributed by atoms with E-state index in [1.807, 2.05) is 44.3 Å². The fourth-order valence-electron chi connectivity index (χ4n) is 2.16. The van der Waals surface area contributed by atoms with Crippen molar-refractivity contribution in [3.05, 3.63) is 47.8 Å². The molecule has 6 nitrogen and oxygen atoms in total. The van der Waals surface area contributed by atoms with Gasteiger partial charge in [0, 0.05) is 18.9 Å². The molecule has 0 atom stereocenters. The van der Waals surface area contributed by atoms with Crippen LogP contribution in [0.4, 0.5) is 16.8 Å². The van der Waals surface area contributed by atoms with E-state index in [2.05, 4.69) is 25.6 Å². The Kier molecular flexibility index (Phi) is 4.50. The number of aliphatic hydroxyl groups is 1. The first-order chi connectivity index (χ1) is 11.2. The average molecular weight is 327 g/mol. The molecule has 0 spiro atoms. The summed E-state index contributed by atoms with van der Waals surface area (Å²) < 4.78 is 0. The van der Waals surface area contributed by atoms with Crippen LogP contribution in [0, 0.1) is 6.92 Å². The Bertz CT molecular complexity index is 818. The zero-order chi connectivity index (χ0) is 16.2. The highest BCUT2D eigenvalue weighted by Crippen LogP contribution is 2.31. The van der Waals surface area contributed by atoms with Gasteiger partial charge >= 0.3 is 0 Å². The highest BCUT2D eigenvalue weighted by atomic mass is 32.1. The Labute approximate surface area is 138 Å². The fraction of sp³-hybridized carbons (Fsp3) is 0.188. The van der Waals surface area contributed by atoms with Crippen molar-refractivity contribution < 1.29 is 5.11 Å². The summed E-state index contributed by atoms with van der Waals surface area (Å²) in [4.78, 5) is 14.3. The Hall–Kier alpha value is -2.51. The maximum atomic E-state index is 9.21. The number of rotatable bonds is 5. The van der Waals surface area contributed by atoms with Gasteiger partial charge in [-0.1, -0.05) is 23.5 Å². The molecular formula is C16H17N5OS. The van der Waals surface area contributed by atoms with Crippen molar-refractivity contribution >= 4 is 28.1 Å². The van der Waals surface area contributed by atoms with Crippen LogP contribution in [-0.2, 0) is 6.61 Å². The van der Waals surface area contributed by atoms with Crippen LogP contribution in [0.2, 0.25) is 0 Å². The lowest BCUT2D eigenvalue weighted by atomic mass is 10.2. The van der Waals surface area contributed by atoms with Gasteiger partial charge in [0.05, 0.1) is 22.9 Å². The zero-order valence-corrected chi connectivity index (χ0v) is 13.7. The van der Waals surface area contributed by atoms with E-state index in [0.29, 0.717) is 5.95 Å². The number of aryl methyl sites for hydroxylation is 1. The molecule has 3 N–H and O–H groups in total. The molecule has 2 heterocycles. The van der Waals surface area contributed by atoms with Gasteiger partial charge in [-0.25, -0.2) is 15.0 Å². The first-order valence-electron chi connectivity index (χ1n) is 7.15. The molecule has 0 fully saturated rings. The minimum Gasteiger partial charge on any atom is -0.392 e. The van der Waals surface area contributed by atoms with Crippen molar-refractivity contribution in [1.82, 2.24) is 15.0 Å². The van der Waals surface area contributed by atoms with Gasteiger partial charge in [0.2, 0.25) is 5.95 Å². The molecule has 23 heavy (non-hydrogen) atoms. The molecule has 0 unspecified atom stereocenters. The highest BCUT2D eigenvalue weighted by molar-refractivity contribution is 7.19. The third-order valence-corrected chi connectivity index (χ3v) is 4.46. The fourth-order valence-corrected chi connectivity index (χ4v) is 3.05. The third kappa shape index (κ3) is 3.46. The molecule has 3 rings (SSSR count). The average Bonchev–Trinajstić information content (AvgIpc) is 2.96. The van der Waals surface area contributed by atoms with Crippen molar-refractivity contribution in [2.45, 2.75) is 13.5 Å². The van der Waals surface area contributed by atoms with Crippen LogP contribution in [0.1, 0.15) is 11.3 Å². The van der Waals surface area contributed by atoms with Crippen molar-refractivity contribution in [3.63, 3.8) is 0 Å². The van der Waals surface area contributed by atoms with Gasteiger partial charge in [0.15, 0.2) is 5.13 Å². The van der Waals surface area contributed by atoms with E-state index in [1.165, 1.54) is 0 Å². The van der Waals surface area contributed by atoms with Gasteiger partial charge in [-0.2, -0.15) is 0 Å². The monoisotopic (exact) mass is 327 g/mol. The van der Waals surface area contributed by atoms with E-state index in [-0.39, 0.29) is 6.61 Å². The standard InChI is InChI=1S/C16H17N5OS/c1-10-14(23-16(17-2)19-10)13-6-7-18-15(21-13)20-12-5-3-4-11(8-12)9-22/h3-8,22H,9H2,1-2H3,(H,17,19)(H,18,20,21). The quantitative estimate of drug-likeness (QED) is 0.667. The van der Waals surface area contributed by atoms with Gasteiger partial charge < -0.3 is 15.7 Å². The minimum atomic E-state index is 0.00324. The van der Waals surface area contributed by atoms with Gasteiger partial charge in [-0.3, -0.25) is 0 Å². The summed E-state index contributed by atoms with van der Waals surface area (Å²) in [7, 11) is 1.85. The second-order valence-electron chi connectivity index (χ2n) is 4.93. The SMILES string of the molecule is CNc1nc(C)c(-c2ccnc(Nc3cccc(CO)c3)n2)s1. The van der Waals surface area contributed by atoms with Crippen LogP contribution >= 0.6 is 11.3 Å². The Morgan fingerprint density at radius 1 is 1.22 bits per heavy atom. The largest absolute Gasteiger partial charge is 0.392 e. The predicted molar refractivity (Wildman–Crippen MR) is 93.1 cm³/mol. The number of nitrogens with one attached hydrogen (secondary N) is 2. The number of hydrogen-bond acceptors (Lipinski definition) is 7. The lowest BCUT2D eigenvalue weighted by Crippen LogP contribution is -1.98. The van der Waals surface area contributed by atoms with Gasteiger partial charge in [0.25, 0.3) is 0 Å². The molecule has 0 bridgehead atoms. The smallest absolute Gasteiger partial charge is 0.227 e. The molecular weight excluding hydrogens is 310 g/mol. The number of thiazole rings is 1. The molecule has 0 aliphatic heterocycles. The highest BCUT2D eigenvalue weighted by Gasteiger charge is 2.11. The lowest BCUT2D eigenvalue weighted by Gasteiger charge is -2.07. The summed E-state index contributed by atoms with van der Waals surface area (Å²) >= 11 is 1.56. The van der Waals surface area contributed by atoms with Crippen molar-refractivity contribution in [1.29, 1.82) is 0 Å². The molecule has 0 saturated carbocycles. The van der Waals surface area contributed by atoms with Crippen LogP contribution in [0.5, 0.6) is 0 Å². The summed E-state index contributed by atoms with van der Waals surface area (Å²) in [6, 6.07) is 9.39. The van der Waals surface area contributed by atoms with Crippen molar-refractivity contribution in [2.24, 2.45) is 0 Å². The number of nitrogens with zero attached hydrogens (tertiary/aromatic N) is 3. The van der Waals surface area contributed by atoms with E-state index < -0.39 is 0 Å². The Morgan fingerprint density at radius 3 is 2.83 bits per heavy atom. The van der Waals surface area contributed by atoms with Crippen LogP contribution < -0.4 is 10.6 Å². The van der Waals surface area contributed by atoms with E-state index in [0.717, 1.165) is 32.6 Å². The number of aromatic nitrogens is 3. The summed E-state index contributed by atoms with van der Waals surface area (Å²) in [5, 5.41) is 16.3. The van der Waals surface area contributed by atoms with E-state index in [4.69, 9.17) is 0 Å². The molecule has 1 aromatic carbocycles. The molecule has 3 aromatic rings. The second kappa shape index (κ2) is 6.72. The molecule has 2 aromatic heterocycles. The van der Waals surface area contributed by atoms with E-state index >= 15 is 0 Å². The van der Waals surface area contributed by atoms with Gasteiger partial charge in [0.1, 0.15) is 0 Å². The summed E-state index contributed by atoms with van der Waals surface area (Å²) in [6.07, 6.45) is 1.72. The molecule has 7 heteroatoms. The Morgan fingerprint density at radius 2 is 2.09 bits per heavy atom. The Balaban J connectivity index is 1.88. The van der Waals surface area contributed by atoms with Gasteiger partial charge in [-0.15, -0.1) is 0 Å². The maximum Gasteiger partial charge on any atom is 0.227 e. The summed E-state index contributed by atoms with van der Waals surface area (Å²) in [6.45, 7) is 1.97. The topological polar surface area (TPSA) is 83.0 Å². The third-order valence-electron chi connectivity index (χ3n) is 3.26. The summed E-state index contributed by atoms with van der Waals surface area (Å²) in [5.41, 5.74) is 3.44. The molecule has 0 saturated heterocycles. The van der Waals surface area contributed by atoms with Crippen LogP contribution in [0.3, 0.4) is 0 Å². The number of aliphatic hydroxyl groups excluding tert-OH is 1. The van der Waals surface area contributed by atoms with Crippen LogP contribution in [0.25, 0.3) is 10.6 Å². The molecule has 0 amide bonds. The molecule has 0 aliphatic carbocycles. The van der Waals surface area contributed by atoms with Gasteiger partial charge in [-0.05, 0) is 30.7 Å². The predicted octanol–water partition coefficient (Wildman–Crippen LogP) is 3.19. The number of benzene rings is 1. The second-order valence-corrected chi connectivity index (χ2v) is 5.93.